The molecular formula is C9H10N4O. The summed E-state index contributed by atoms with van der Waals surface area (Å²) in [6, 6.07) is 5.42. The van der Waals surface area contributed by atoms with E-state index in [-0.39, 0.29) is 6.54 Å². The van der Waals surface area contributed by atoms with E-state index < -0.39 is 5.91 Å². The predicted octanol–water partition coefficient (Wildman–Crippen LogP) is 0.104. The monoisotopic (exact) mass is 190 g/mol. The van der Waals surface area contributed by atoms with E-state index in [0.717, 1.165) is 10.9 Å². The Morgan fingerprint density at radius 2 is 2.29 bits per heavy atom. The van der Waals surface area contributed by atoms with Crippen molar-refractivity contribution in [2.24, 2.45) is 5.73 Å². The van der Waals surface area contributed by atoms with Crippen LogP contribution in [-0.4, -0.2) is 15.7 Å². The Kier molecular flexibility index (Phi) is 1.85. The quantitative estimate of drug-likeness (QED) is 0.658. The highest BCUT2D eigenvalue weighted by atomic mass is 16.1. The number of fused-ring (bicyclic) bond motifs is 1. The highest BCUT2D eigenvalue weighted by molar-refractivity contribution is 5.83. The summed E-state index contributed by atoms with van der Waals surface area (Å²) in [4.78, 5) is 10.7. The molecule has 14 heavy (non-hydrogen) atoms. The number of rotatable bonds is 2. The van der Waals surface area contributed by atoms with Gasteiger partial charge < -0.3 is 11.5 Å². The number of hydrogen-bond donors (Lipinski definition) is 2. The summed E-state index contributed by atoms with van der Waals surface area (Å²) in [6.45, 7) is 0.0763. The molecule has 0 aliphatic heterocycles. The van der Waals surface area contributed by atoms with Crippen LogP contribution in [0.15, 0.2) is 24.4 Å². The SMILES string of the molecule is NC(=O)Cn1ncc2ccc(N)cc21. The molecule has 0 fully saturated rings. The average molecular weight is 190 g/mol. The van der Waals surface area contributed by atoms with E-state index in [1.165, 1.54) is 4.68 Å². The number of nitrogens with two attached hydrogens (primary N) is 2. The molecule has 72 valence electrons. The third-order valence-electron chi connectivity index (χ3n) is 1.97. The van der Waals surface area contributed by atoms with Crippen molar-refractivity contribution in [3.05, 3.63) is 24.4 Å². The summed E-state index contributed by atoms with van der Waals surface area (Å²) >= 11 is 0. The first-order valence-electron chi connectivity index (χ1n) is 4.16. The fraction of sp³-hybridized carbons (Fsp3) is 0.111. The number of carbonyl (C=O) groups excluding carboxylic acids is 1. The molecule has 0 unspecified atom stereocenters. The third-order valence-corrected chi connectivity index (χ3v) is 1.97. The van der Waals surface area contributed by atoms with Crippen molar-refractivity contribution in [3.63, 3.8) is 0 Å². The van der Waals surface area contributed by atoms with Crippen LogP contribution in [0.25, 0.3) is 10.9 Å². The van der Waals surface area contributed by atoms with Crippen molar-refractivity contribution in [2.45, 2.75) is 6.54 Å². The minimum atomic E-state index is -0.419. The van der Waals surface area contributed by atoms with Crippen molar-refractivity contribution in [2.75, 3.05) is 5.73 Å². The Hall–Kier alpha value is -2.04. The second-order valence-electron chi connectivity index (χ2n) is 3.09. The molecule has 0 atom stereocenters. The van der Waals surface area contributed by atoms with Crippen LogP contribution in [0, 0.1) is 0 Å². The molecule has 0 radical (unpaired) electrons. The Bertz CT molecular complexity index is 489. The van der Waals surface area contributed by atoms with Crippen LogP contribution in [0.3, 0.4) is 0 Å². The van der Waals surface area contributed by atoms with Crippen molar-refractivity contribution in [1.82, 2.24) is 9.78 Å². The summed E-state index contributed by atoms with van der Waals surface area (Å²) in [6.07, 6.45) is 1.68. The molecule has 2 rings (SSSR count). The molecule has 1 amide bonds. The largest absolute Gasteiger partial charge is 0.399 e. The second-order valence-corrected chi connectivity index (χ2v) is 3.09. The molecule has 0 saturated heterocycles. The van der Waals surface area contributed by atoms with Crippen LogP contribution in [0.1, 0.15) is 0 Å². The topological polar surface area (TPSA) is 86.9 Å². The molecule has 0 saturated carbocycles. The molecule has 2 aromatic rings. The number of primary amides is 1. The number of anilines is 1. The van der Waals surface area contributed by atoms with Gasteiger partial charge >= 0.3 is 0 Å². The van der Waals surface area contributed by atoms with Crippen LogP contribution >= 0.6 is 0 Å². The summed E-state index contributed by atoms with van der Waals surface area (Å²) in [7, 11) is 0. The lowest BCUT2D eigenvalue weighted by Crippen LogP contribution is -2.19. The predicted molar refractivity (Wildman–Crippen MR) is 53.3 cm³/mol. The van der Waals surface area contributed by atoms with Gasteiger partial charge in [-0.3, -0.25) is 9.48 Å². The van der Waals surface area contributed by atoms with Gasteiger partial charge in [0.05, 0.1) is 11.7 Å². The zero-order valence-electron chi connectivity index (χ0n) is 7.47. The first-order chi connectivity index (χ1) is 6.66. The standard InChI is InChI=1S/C9H10N4O/c10-7-2-1-6-4-12-13(5-9(11)14)8(6)3-7/h1-4H,5,10H2,(H2,11,14). The van der Waals surface area contributed by atoms with Crippen LogP contribution < -0.4 is 11.5 Å². The Labute approximate surface area is 80.3 Å². The zero-order valence-corrected chi connectivity index (χ0v) is 7.47. The lowest BCUT2D eigenvalue weighted by Gasteiger charge is -2.00. The van der Waals surface area contributed by atoms with Gasteiger partial charge in [-0.05, 0) is 18.2 Å². The zero-order chi connectivity index (χ0) is 10.1. The third kappa shape index (κ3) is 1.39. The highest BCUT2D eigenvalue weighted by Gasteiger charge is 2.04. The molecule has 0 aliphatic carbocycles. The molecule has 0 spiro atoms. The van der Waals surface area contributed by atoms with E-state index >= 15 is 0 Å². The maximum Gasteiger partial charge on any atom is 0.239 e. The van der Waals surface area contributed by atoms with E-state index in [2.05, 4.69) is 5.10 Å². The fourth-order valence-electron chi connectivity index (χ4n) is 1.36. The second kappa shape index (κ2) is 3.02. The molecule has 1 aromatic heterocycles. The van der Waals surface area contributed by atoms with Crippen LogP contribution in [0.5, 0.6) is 0 Å². The minimum Gasteiger partial charge on any atom is -0.399 e. The van der Waals surface area contributed by atoms with Crippen LogP contribution in [0.4, 0.5) is 5.69 Å². The number of carbonyl (C=O) groups is 1. The van der Waals surface area contributed by atoms with E-state index in [1.807, 2.05) is 6.07 Å². The van der Waals surface area contributed by atoms with E-state index in [0.29, 0.717) is 5.69 Å². The Morgan fingerprint density at radius 1 is 1.50 bits per heavy atom. The molecule has 1 heterocycles. The molecule has 0 aliphatic rings. The molecule has 4 N–H and O–H groups in total. The van der Waals surface area contributed by atoms with Crippen molar-refractivity contribution in [1.29, 1.82) is 0 Å². The number of nitrogens with zero attached hydrogens (tertiary/aromatic N) is 2. The number of nitrogen functional groups attached to an aromatic ring is 1. The summed E-state index contributed by atoms with van der Waals surface area (Å²) < 4.78 is 1.54. The summed E-state index contributed by atoms with van der Waals surface area (Å²) in [5, 5.41) is 4.98. The average Bonchev–Trinajstić information content (AvgIpc) is 2.47. The van der Waals surface area contributed by atoms with Gasteiger partial charge in [0.1, 0.15) is 6.54 Å². The normalized spacial score (nSPS) is 10.6. The van der Waals surface area contributed by atoms with Gasteiger partial charge in [0.25, 0.3) is 0 Å². The molecular weight excluding hydrogens is 180 g/mol. The van der Waals surface area contributed by atoms with Gasteiger partial charge in [0, 0.05) is 11.1 Å². The number of aromatic nitrogens is 2. The Balaban J connectivity index is 2.55. The van der Waals surface area contributed by atoms with Gasteiger partial charge in [-0.1, -0.05) is 0 Å². The van der Waals surface area contributed by atoms with Crippen molar-refractivity contribution in [3.8, 4) is 0 Å². The molecule has 1 aromatic carbocycles. The van der Waals surface area contributed by atoms with E-state index in [4.69, 9.17) is 11.5 Å². The summed E-state index contributed by atoms with van der Waals surface area (Å²) in [5.74, 6) is -0.419. The first-order valence-corrected chi connectivity index (χ1v) is 4.16. The smallest absolute Gasteiger partial charge is 0.239 e. The van der Waals surface area contributed by atoms with Crippen molar-refractivity contribution >= 4 is 22.5 Å². The first kappa shape index (κ1) is 8.55. The number of hydrogen-bond acceptors (Lipinski definition) is 3. The van der Waals surface area contributed by atoms with E-state index in [1.54, 1.807) is 18.3 Å². The van der Waals surface area contributed by atoms with Gasteiger partial charge in [0.2, 0.25) is 5.91 Å². The van der Waals surface area contributed by atoms with Gasteiger partial charge in [-0.25, -0.2) is 0 Å². The highest BCUT2D eigenvalue weighted by Crippen LogP contribution is 2.16. The fourth-order valence-corrected chi connectivity index (χ4v) is 1.36. The van der Waals surface area contributed by atoms with Gasteiger partial charge in [-0.2, -0.15) is 5.10 Å². The summed E-state index contributed by atoms with van der Waals surface area (Å²) in [5.41, 5.74) is 12.2. The Morgan fingerprint density at radius 3 is 3.00 bits per heavy atom. The maximum absolute atomic E-state index is 10.7. The van der Waals surface area contributed by atoms with Gasteiger partial charge in [-0.15, -0.1) is 0 Å². The number of amides is 1. The van der Waals surface area contributed by atoms with Crippen molar-refractivity contribution < 1.29 is 4.79 Å². The maximum atomic E-state index is 10.7. The minimum absolute atomic E-state index is 0.0763. The van der Waals surface area contributed by atoms with Gasteiger partial charge in [0.15, 0.2) is 0 Å². The molecule has 5 heteroatoms. The van der Waals surface area contributed by atoms with E-state index in [9.17, 15) is 4.79 Å². The molecule has 5 nitrogen and oxygen atoms in total. The van der Waals surface area contributed by atoms with Crippen LogP contribution in [0.2, 0.25) is 0 Å². The van der Waals surface area contributed by atoms with Crippen LogP contribution in [-0.2, 0) is 11.3 Å². The lowest BCUT2D eigenvalue weighted by molar-refractivity contribution is -0.118. The lowest BCUT2D eigenvalue weighted by atomic mass is 10.2. The molecule has 0 bridgehead atoms. The number of benzene rings is 1.